The third-order valence-corrected chi connectivity index (χ3v) is 3.50. The van der Waals surface area contributed by atoms with Crippen molar-refractivity contribution >= 4 is 7.85 Å². The molecule has 68 valence electrons. The molecule has 2 radical (unpaired) electrons. The molecule has 12 heavy (non-hydrogen) atoms. The molecular weight excluding hydrogens is 147 g/mol. The molecule has 5 atom stereocenters. The zero-order valence-electron chi connectivity index (χ0n) is 8.58. The molecule has 2 heteroatoms. The summed E-state index contributed by atoms with van der Waals surface area (Å²) in [6, 6.07) is -0.0545. The molecule has 1 nitrogen and oxygen atoms in total. The van der Waals surface area contributed by atoms with Crippen molar-refractivity contribution in [2.75, 3.05) is 0 Å². The molecule has 0 aromatic heterocycles. The van der Waals surface area contributed by atoms with Gasteiger partial charge in [0, 0.05) is 6.00 Å². The highest BCUT2D eigenvalue weighted by Gasteiger charge is 2.35. The predicted octanol–water partition coefficient (Wildman–Crippen LogP) is 2.20. The minimum absolute atomic E-state index is 0.0545. The van der Waals surface area contributed by atoms with Crippen molar-refractivity contribution in [3.05, 3.63) is 0 Å². The fourth-order valence-electron chi connectivity index (χ4n) is 2.03. The molecule has 0 bridgehead atoms. The van der Waals surface area contributed by atoms with Crippen molar-refractivity contribution in [1.82, 2.24) is 0 Å². The fourth-order valence-corrected chi connectivity index (χ4v) is 2.03. The summed E-state index contributed by atoms with van der Waals surface area (Å²) >= 11 is 0. The normalized spacial score (nSPS) is 49.2. The summed E-state index contributed by atoms with van der Waals surface area (Å²) in [6.45, 7) is 8.88. The minimum Gasteiger partial charge on any atom is -0.384 e. The third kappa shape index (κ3) is 1.68. The largest absolute Gasteiger partial charge is 0.384 e. The van der Waals surface area contributed by atoms with Gasteiger partial charge in [0.25, 0.3) is 0 Å². The molecule has 1 aliphatic heterocycles. The highest BCUT2D eigenvalue weighted by atomic mass is 16.5. The van der Waals surface area contributed by atoms with Gasteiger partial charge in [-0.3, -0.25) is 0 Å². The van der Waals surface area contributed by atoms with Gasteiger partial charge in [-0.15, -0.1) is 0 Å². The van der Waals surface area contributed by atoms with Gasteiger partial charge in [-0.2, -0.15) is 0 Å². The number of ether oxygens (including phenoxy) is 1. The van der Waals surface area contributed by atoms with Gasteiger partial charge >= 0.3 is 0 Å². The van der Waals surface area contributed by atoms with Crippen molar-refractivity contribution in [1.29, 1.82) is 0 Å². The first kappa shape index (κ1) is 10.1. The van der Waals surface area contributed by atoms with E-state index in [2.05, 4.69) is 27.7 Å². The van der Waals surface area contributed by atoms with Gasteiger partial charge in [-0.25, -0.2) is 0 Å². The van der Waals surface area contributed by atoms with Gasteiger partial charge in [0.2, 0.25) is 0 Å². The first-order valence-electron chi connectivity index (χ1n) is 4.99. The highest BCUT2D eigenvalue weighted by Crippen LogP contribution is 2.34. The second kappa shape index (κ2) is 3.82. The molecule has 0 spiro atoms. The lowest BCUT2D eigenvalue weighted by Gasteiger charge is -2.42. The summed E-state index contributed by atoms with van der Waals surface area (Å²) in [7, 11) is 5.87. The zero-order chi connectivity index (χ0) is 9.30. The Balaban J connectivity index is 2.63. The van der Waals surface area contributed by atoms with Gasteiger partial charge in [-0.05, 0) is 24.2 Å². The van der Waals surface area contributed by atoms with Crippen LogP contribution in [0, 0.1) is 17.8 Å². The zero-order valence-corrected chi connectivity index (χ0v) is 8.58. The van der Waals surface area contributed by atoms with E-state index in [1.165, 1.54) is 0 Å². The molecule has 1 rings (SSSR count). The first-order chi connectivity index (χ1) is 5.57. The SMILES string of the molecule is [B][C@@H]1O[C@H](CC)C(C)C(C)[C@H]1C. The van der Waals surface area contributed by atoms with E-state index < -0.39 is 0 Å². The van der Waals surface area contributed by atoms with Crippen LogP contribution in [0.3, 0.4) is 0 Å². The lowest BCUT2D eigenvalue weighted by molar-refractivity contribution is -0.0983. The maximum absolute atomic E-state index is 5.87. The van der Waals surface area contributed by atoms with E-state index in [1.807, 2.05) is 0 Å². The Morgan fingerprint density at radius 3 is 2.17 bits per heavy atom. The van der Waals surface area contributed by atoms with Crippen LogP contribution < -0.4 is 0 Å². The van der Waals surface area contributed by atoms with E-state index in [1.54, 1.807) is 0 Å². The Kier molecular flexibility index (Phi) is 3.22. The van der Waals surface area contributed by atoms with Crippen LogP contribution in [0.5, 0.6) is 0 Å². The van der Waals surface area contributed by atoms with Gasteiger partial charge in [0.05, 0.1) is 6.10 Å². The molecule has 1 saturated heterocycles. The van der Waals surface area contributed by atoms with Crippen molar-refractivity contribution in [2.45, 2.75) is 46.2 Å². The topological polar surface area (TPSA) is 9.23 Å². The lowest BCUT2D eigenvalue weighted by Crippen LogP contribution is -2.44. The molecule has 2 unspecified atom stereocenters. The Bertz CT molecular complexity index is 144. The van der Waals surface area contributed by atoms with Gasteiger partial charge < -0.3 is 4.74 Å². The van der Waals surface area contributed by atoms with Crippen LogP contribution in [0.1, 0.15) is 34.1 Å². The Morgan fingerprint density at radius 2 is 1.67 bits per heavy atom. The lowest BCUT2D eigenvalue weighted by atomic mass is 9.70. The van der Waals surface area contributed by atoms with E-state index in [0.29, 0.717) is 23.9 Å². The maximum Gasteiger partial charge on any atom is 0.109 e. The molecule has 0 aromatic carbocycles. The van der Waals surface area contributed by atoms with Crippen molar-refractivity contribution in [2.24, 2.45) is 17.8 Å². The van der Waals surface area contributed by atoms with Crippen LogP contribution >= 0.6 is 0 Å². The predicted molar refractivity (Wildman–Crippen MR) is 52.2 cm³/mol. The Labute approximate surface area is 77.3 Å². The van der Waals surface area contributed by atoms with Crippen LogP contribution in [-0.2, 0) is 4.74 Å². The molecule has 1 heterocycles. The Hall–Kier alpha value is 0.0249. The summed E-state index contributed by atoms with van der Waals surface area (Å²) in [5.74, 6) is 1.81. The summed E-state index contributed by atoms with van der Waals surface area (Å²) in [5.41, 5.74) is 0. The van der Waals surface area contributed by atoms with Gasteiger partial charge in [0.15, 0.2) is 0 Å². The molecule has 1 aliphatic rings. The average Bonchev–Trinajstić information content (AvgIpc) is 2.08. The summed E-state index contributed by atoms with van der Waals surface area (Å²) in [5, 5.41) is 0. The van der Waals surface area contributed by atoms with Gasteiger partial charge in [-0.1, -0.05) is 27.7 Å². The number of hydrogen-bond donors (Lipinski definition) is 0. The second-order valence-corrected chi connectivity index (χ2v) is 4.12. The minimum atomic E-state index is -0.0545. The Morgan fingerprint density at radius 1 is 1.08 bits per heavy atom. The van der Waals surface area contributed by atoms with Crippen molar-refractivity contribution in [3.8, 4) is 0 Å². The molecule has 0 aliphatic carbocycles. The quantitative estimate of drug-likeness (QED) is 0.542. The second-order valence-electron chi connectivity index (χ2n) is 4.12. The first-order valence-corrected chi connectivity index (χ1v) is 4.99. The smallest absolute Gasteiger partial charge is 0.109 e. The standard InChI is InChI=1S/C10H19BO/c1-5-9-7(3)6(2)8(4)10(11)12-9/h6-10H,5H2,1-4H3/t6?,7?,8-,9-,10-/m1/s1. The number of rotatable bonds is 1. The van der Waals surface area contributed by atoms with E-state index in [0.717, 1.165) is 6.42 Å². The van der Waals surface area contributed by atoms with Crippen LogP contribution in [0.25, 0.3) is 0 Å². The highest BCUT2D eigenvalue weighted by molar-refractivity contribution is 6.11. The molecule has 0 amide bonds. The molecule has 0 saturated carbocycles. The monoisotopic (exact) mass is 166 g/mol. The van der Waals surface area contributed by atoms with Crippen molar-refractivity contribution < 1.29 is 4.74 Å². The molecule has 1 fully saturated rings. The van der Waals surface area contributed by atoms with Crippen molar-refractivity contribution in [3.63, 3.8) is 0 Å². The summed E-state index contributed by atoms with van der Waals surface area (Å²) < 4.78 is 5.71. The molecule has 0 N–H and O–H groups in total. The van der Waals surface area contributed by atoms with Crippen LogP contribution in [-0.4, -0.2) is 20.0 Å². The average molecular weight is 166 g/mol. The van der Waals surface area contributed by atoms with E-state index in [9.17, 15) is 0 Å². The van der Waals surface area contributed by atoms with Crippen LogP contribution in [0.4, 0.5) is 0 Å². The van der Waals surface area contributed by atoms with E-state index in [4.69, 9.17) is 12.6 Å². The third-order valence-electron chi connectivity index (χ3n) is 3.50. The van der Waals surface area contributed by atoms with Crippen LogP contribution in [0.15, 0.2) is 0 Å². The molecule has 0 aromatic rings. The molecular formula is C10H19BO. The van der Waals surface area contributed by atoms with Crippen LogP contribution in [0.2, 0.25) is 0 Å². The maximum atomic E-state index is 5.87. The van der Waals surface area contributed by atoms with E-state index >= 15 is 0 Å². The van der Waals surface area contributed by atoms with Gasteiger partial charge in [0.1, 0.15) is 7.85 Å². The fraction of sp³-hybridized carbons (Fsp3) is 1.00. The summed E-state index contributed by atoms with van der Waals surface area (Å²) in [4.78, 5) is 0. The summed E-state index contributed by atoms with van der Waals surface area (Å²) in [6.07, 6.45) is 1.44. The number of hydrogen-bond acceptors (Lipinski definition) is 1. The van der Waals surface area contributed by atoms with E-state index in [-0.39, 0.29) is 6.00 Å².